The van der Waals surface area contributed by atoms with Gasteiger partial charge in [-0.05, 0) is 25.6 Å². The Labute approximate surface area is 114 Å². The molecule has 0 aromatic carbocycles. The Kier molecular flexibility index (Phi) is 6.85. The molecule has 1 aromatic heterocycles. The molecule has 0 saturated heterocycles. The third kappa shape index (κ3) is 5.06. The quantitative estimate of drug-likeness (QED) is 0.686. The standard InChI is InChI=1S/C12H22N2O2S2/c1-3-4-5-6-9-14-18(15,16)12-8-7-11(17-12)10-13-2/h7-8,13-14H,3-6,9-10H2,1-2H3. The van der Waals surface area contributed by atoms with Crippen LogP contribution in [0, 0.1) is 0 Å². The lowest BCUT2D eigenvalue weighted by molar-refractivity contribution is 0.575. The summed E-state index contributed by atoms with van der Waals surface area (Å²) in [5.74, 6) is 0. The van der Waals surface area contributed by atoms with E-state index in [1.54, 1.807) is 6.07 Å². The summed E-state index contributed by atoms with van der Waals surface area (Å²) in [6.07, 6.45) is 4.30. The van der Waals surface area contributed by atoms with Crippen LogP contribution in [0.1, 0.15) is 37.5 Å². The van der Waals surface area contributed by atoms with Crippen LogP contribution in [0.3, 0.4) is 0 Å². The highest BCUT2D eigenvalue weighted by molar-refractivity contribution is 7.91. The Morgan fingerprint density at radius 1 is 1.22 bits per heavy atom. The lowest BCUT2D eigenvalue weighted by Gasteiger charge is -2.04. The number of sulfonamides is 1. The highest BCUT2D eigenvalue weighted by Gasteiger charge is 2.15. The molecule has 0 aliphatic rings. The molecule has 0 aliphatic heterocycles. The van der Waals surface area contributed by atoms with Crippen molar-refractivity contribution in [1.29, 1.82) is 0 Å². The summed E-state index contributed by atoms with van der Waals surface area (Å²) in [5.41, 5.74) is 0. The van der Waals surface area contributed by atoms with Gasteiger partial charge >= 0.3 is 0 Å². The van der Waals surface area contributed by atoms with Crippen LogP contribution in [-0.2, 0) is 16.6 Å². The van der Waals surface area contributed by atoms with Crippen molar-refractivity contribution in [2.75, 3.05) is 13.6 Å². The van der Waals surface area contributed by atoms with E-state index in [2.05, 4.69) is 17.0 Å². The van der Waals surface area contributed by atoms with Crippen LogP contribution >= 0.6 is 11.3 Å². The predicted molar refractivity (Wildman–Crippen MR) is 76.4 cm³/mol. The molecule has 0 unspecified atom stereocenters. The maximum absolute atomic E-state index is 12.0. The van der Waals surface area contributed by atoms with Crippen molar-refractivity contribution in [2.45, 2.75) is 43.4 Å². The zero-order valence-electron chi connectivity index (χ0n) is 11.0. The Hall–Kier alpha value is -0.430. The van der Waals surface area contributed by atoms with Crippen LogP contribution in [0.25, 0.3) is 0 Å². The first-order valence-corrected chi connectivity index (χ1v) is 8.63. The molecular formula is C12H22N2O2S2. The van der Waals surface area contributed by atoms with Gasteiger partial charge in [0, 0.05) is 18.0 Å². The van der Waals surface area contributed by atoms with Crippen LogP contribution in [0.4, 0.5) is 0 Å². The van der Waals surface area contributed by atoms with Gasteiger partial charge in [0.05, 0.1) is 0 Å². The average molecular weight is 290 g/mol. The van der Waals surface area contributed by atoms with Crippen LogP contribution < -0.4 is 10.0 Å². The van der Waals surface area contributed by atoms with Crippen LogP contribution in [-0.4, -0.2) is 22.0 Å². The minimum Gasteiger partial charge on any atom is -0.315 e. The van der Waals surface area contributed by atoms with Crippen molar-refractivity contribution in [3.63, 3.8) is 0 Å². The molecule has 0 radical (unpaired) electrons. The van der Waals surface area contributed by atoms with E-state index in [1.165, 1.54) is 11.3 Å². The Morgan fingerprint density at radius 3 is 2.67 bits per heavy atom. The van der Waals surface area contributed by atoms with Crippen molar-refractivity contribution >= 4 is 21.4 Å². The van der Waals surface area contributed by atoms with E-state index in [9.17, 15) is 8.42 Å². The molecule has 18 heavy (non-hydrogen) atoms. The molecule has 0 aliphatic carbocycles. The van der Waals surface area contributed by atoms with Crippen molar-refractivity contribution < 1.29 is 8.42 Å². The number of thiophene rings is 1. The fourth-order valence-corrected chi connectivity index (χ4v) is 4.09. The van der Waals surface area contributed by atoms with Gasteiger partial charge in [0.25, 0.3) is 0 Å². The Bertz CT molecular complexity index is 441. The summed E-state index contributed by atoms with van der Waals surface area (Å²) in [6, 6.07) is 3.53. The van der Waals surface area contributed by atoms with Gasteiger partial charge in [-0.25, -0.2) is 13.1 Å². The summed E-state index contributed by atoms with van der Waals surface area (Å²) in [6.45, 7) is 3.37. The largest absolute Gasteiger partial charge is 0.315 e. The minimum absolute atomic E-state index is 0.406. The molecule has 1 rings (SSSR count). The molecule has 0 amide bonds. The van der Waals surface area contributed by atoms with Crippen molar-refractivity contribution in [3.8, 4) is 0 Å². The van der Waals surface area contributed by atoms with Gasteiger partial charge in [0.15, 0.2) is 0 Å². The SMILES string of the molecule is CCCCCCNS(=O)(=O)c1ccc(CNC)s1. The summed E-state index contributed by atoms with van der Waals surface area (Å²) < 4.78 is 27.0. The molecule has 0 fully saturated rings. The normalized spacial score (nSPS) is 11.9. The molecule has 0 saturated carbocycles. The molecule has 6 heteroatoms. The monoisotopic (exact) mass is 290 g/mol. The maximum Gasteiger partial charge on any atom is 0.250 e. The minimum atomic E-state index is -3.30. The number of unbranched alkanes of at least 4 members (excludes halogenated alkanes) is 3. The van der Waals surface area contributed by atoms with E-state index in [-0.39, 0.29) is 0 Å². The van der Waals surface area contributed by atoms with Crippen molar-refractivity contribution in [1.82, 2.24) is 10.0 Å². The molecule has 1 heterocycles. The van der Waals surface area contributed by atoms with Gasteiger partial charge in [-0.2, -0.15) is 0 Å². The van der Waals surface area contributed by atoms with E-state index in [0.717, 1.165) is 30.6 Å². The molecule has 1 aromatic rings. The predicted octanol–water partition coefficient (Wildman–Crippen LogP) is 2.33. The third-order valence-corrected chi connectivity index (χ3v) is 5.61. The summed E-state index contributed by atoms with van der Waals surface area (Å²) in [7, 11) is -1.46. The fourth-order valence-electron chi connectivity index (χ4n) is 1.60. The second kappa shape index (κ2) is 7.89. The Balaban J connectivity index is 2.46. The smallest absolute Gasteiger partial charge is 0.250 e. The summed E-state index contributed by atoms with van der Waals surface area (Å²) in [4.78, 5) is 1.03. The van der Waals surface area contributed by atoms with Gasteiger partial charge in [-0.3, -0.25) is 0 Å². The Morgan fingerprint density at radius 2 is 2.00 bits per heavy atom. The summed E-state index contributed by atoms with van der Waals surface area (Å²) >= 11 is 1.32. The lowest BCUT2D eigenvalue weighted by Crippen LogP contribution is -2.23. The highest BCUT2D eigenvalue weighted by Crippen LogP contribution is 2.21. The van der Waals surface area contributed by atoms with E-state index in [0.29, 0.717) is 17.3 Å². The number of hydrogen-bond donors (Lipinski definition) is 2. The zero-order valence-corrected chi connectivity index (χ0v) is 12.7. The first-order valence-electron chi connectivity index (χ1n) is 6.33. The average Bonchev–Trinajstić information content (AvgIpc) is 2.79. The molecular weight excluding hydrogens is 268 g/mol. The first-order chi connectivity index (χ1) is 8.60. The molecule has 0 spiro atoms. The number of rotatable bonds is 9. The highest BCUT2D eigenvalue weighted by atomic mass is 32.2. The van der Waals surface area contributed by atoms with Crippen molar-refractivity contribution in [2.24, 2.45) is 0 Å². The molecule has 0 atom stereocenters. The van der Waals surface area contributed by atoms with E-state index in [4.69, 9.17) is 0 Å². The van der Waals surface area contributed by atoms with Gasteiger partial charge in [0.1, 0.15) is 4.21 Å². The number of hydrogen-bond acceptors (Lipinski definition) is 4. The molecule has 4 nitrogen and oxygen atoms in total. The van der Waals surface area contributed by atoms with E-state index in [1.807, 2.05) is 13.1 Å². The second-order valence-electron chi connectivity index (χ2n) is 4.21. The molecule has 104 valence electrons. The zero-order chi connectivity index (χ0) is 13.4. The fraction of sp³-hybridized carbons (Fsp3) is 0.667. The van der Waals surface area contributed by atoms with Crippen LogP contribution in [0.5, 0.6) is 0 Å². The topological polar surface area (TPSA) is 58.2 Å². The van der Waals surface area contributed by atoms with Gasteiger partial charge in [-0.15, -0.1) is 11.3 Å². The van der Waals surface area contributed by atoms with Crippen molar-refractivity contribution in [3.05, 3.63) is 17.0 Å². The maximum atomic E-state index is 12.0. The van der Waals surface area contributed by atoms with Gasteiger partial charge in [0.2, 0.25) is 10.0 Å². The van der Waals surface area contributed by atoms with E-state index < -0.39 is 10.0 Å². The summed E-state index contributed by atoms with van der Waals surface area (Å²) in [5, 5.41) is 3.01. The molecule has 2 N–H and O–H groups in total. The van der Waals surface area contributed by atoms with Crippen LogP contribution in [0.15, 0.2) is 16.3 Å². The molecule has 0 bridgehead atoms. The lowest BCUT2D eigenvalue weighted by atomic mass is 10.2. The van der Waals surface area contributed by atoms with Gasteiger partial charge < -0.3 is 5.32 Å². The third-order valence-electron chi connectivity index (χ3n) is 2.58. The number of nitrogens with one attached hydrogen (secondary N) is 2. The van der Waals surface area contributed by atoms with Gasteiger partial charge in [-0.1, -0.05) is 26.2 Å². The second-order valence-corrected chi connectivity index (χ2v) is 7.37. The van der Waals surface area contributed by atoms with Crippen LogP contribution in [0.2, 0.25) is 0 Å². The first kappa shape index (κ1) is 15.6. The van der Waals surface area contributed by atoms with E-state index >= 15 is 0 Å².